The van der Waals surface area contributed by atoms with E-state index in [9.17, 15) is 4.79 Å². The lowest BCUT2D eigenvalue weighted by Gasteiger charge is -2.23. The molecule has 1 fully saturated rings. The number of nitrogens with one attached hydrogen (secondary N) is 1. The van der Waals surface area contributed by atoms with E-state index in [-0.39, 0.29) is 5.41 Å². The second-order valence-electron chi connectivity index (χ2n) is 4.26. The first-order chi connectivity index (χ1) is 7.74. The van der Waals surface area contributed by atoms with Crippen molar-refractivity contribution in [2.45, 2.75) is 11.8 Å². The van der Waals surface area contributed by atoms with Gasteiger partial charge in [-0.05, 0) is 36.2 Å². The Morgan fingerprint density at radius 3 is 2.94 bits per heavy atom. The molecule has 0 amide bonds. The van der Waals surface area contributed by atoms with Crippen LogP contribution in [0.15, 0.2) is 29.3 Å². The molecule has 1 aromatic carbocycles. The summed E-state index contributed by atoms with van der Waals surface area (Å²) in [5.41, 5.74) is 2.23. The Bertz CT molecular complexity index is 490. The first-order valence-corrected chi connectivity index (χ1v) is 5.71. The second-order valence-corrected chi connectivity index (χ2v) is 4.60. The molecule has 3 rings (SSSR count). The van der Waals surface area contributed by atoms with E-state index in [0.29, 0.717) is 5.71 Å². The molecule has 0 aromatic heterocycles. The number of fused-ring (bicyclic) bond motifs is 2. The van der Waals surface area contributed by atoms with Gasteiger partial charge in [-0.25, -0.2) is 4.99 Å². The van der Waals surface area contributed by atoms with E-state index in [2.05, 4.69) is 10.3 Å². The minimum Gasteiger partial charge on any atom is -0.315 e. The third-order valence-electron chi connectivity index (χ3n) is 3.45. The Balaban J connectivity index is 2.20. The number of para-hydroxylation sites is 1. The maximum absolute atomic E-state index is 11.5. The van der Waals surface area contributed by atoms with E-state index in [0.717, 1.165) is 30.8 Å². The van der Waals surface area contributed by atoms with Crippen LogP contribution >= 0.6 is 11.6 Å². The van der Waals surface area contributed by atoms with Crippen molar-refractivity contribution in [3.05, 3.63) is 29.8 Å². The number of benzene rings is 1. The van der Waals surface area contributed by atoms with Crippen LogP contribution in [0.5, 0.6) is 0 Å². The Morgan fingerprint density at radius 2 is 2.25 bits per heavy atom. The predicted octanol–water partition coefficient (Wildman–Crippen LogP) is 1.77. The Hall–Kier alpha value is -1.19. The monoisotopic (exact) mass is 234 g/mol. The van der Waals surface area contributed by atoms with Gasteiger partial charge in [-0.2, -0.15) is 0 Å². The minimum atomic E-state index is -0.431. The Labute approximate surface area is 98.5 Å². The molecular formula is C12H11ClN2O. The van der Waals surface area contributed by atoms with Crippen molar-refractivity contribution < 1.29 is 4.79 Å². The molecule has 16 heavy (non-hydrogen) atoms. The van der Waals surface area contributed by atoms with Crippen LogP contribution in [-0.2, 0) is 10.2 Å². The molecule has 1 spiro atoms. The zero-order valence-corrected chi connectivity index (χ0v) is 9.42. The van der Waals surface area contributed by atoms with Gasteiger partial charge in [-0.15, -0.1) is 0 Å². The molecule has 0 saturated carbocycles. The zero-order valence-electron chi connectivity index (χ0n) is 8.66. The minimum absolute atomic E-state index is 0.282. The van der Waals surface area contributed by atoms with Crippen LogP contribution in [0.1, 0.15) is 12.0 Å². The summed E-state index contributed by atoms with van der Waals surface area (Å²) in [5, 5.41) is 2.86. The van der Waals surface area contributed by atoms with E-state index in [1.165, 1.54) is 0 Å². The van der Waals surface area contributed by atoms with Gasteiger partial charge in [0.2, 0.25) is 0 Å². The lowest BCUT2D eigenvalue weighted by Crippen LogP contribution is -2.38. The molecule has 0 radical (unpaired) electrons. The van der Waals surface area contributed by atoms with Crippen molar-refractivity contribution in [2.24, 2.45) is 4.99 Å². The van der Waals surface area contributed by atoms with Crippen LogP contribution < -0.4 is 5.32 Å². The average Bonchev–Trinajstić information content (AvgIpc) is 2.87. The number of halogens is 1. The molecule has 0 bridgehead atoms. The van der Waals surface area contributed by atoms with Gasteiger partial charge < -0.3 is 5.32 Å². The lowest BCUT2D eigenvalue weighted by atomic mass is 9.77. The van der Waals surface area contributed by atoms with Gasteiger partial charge in [0.15, 0.2) is 0 Å². The first-order valence-electron chi connectivity index (χ1n) is 5.33. The highest BCUT2D eigenvalue weighted by atomic mass is 35.5. The molecule has 2 aliphatic rings. The fourth-order valence-electron chi connectivity index (χ4n) is 2.69. The van der Waals surface area contributed by atoms with E-state index in [1.54, 1.807) is 0 Å². The van der Waals surface area contributed by atoms with Gasteiger partial charge in [0.25, 0.3) is 5.24 Å². The first kappa shape index (κ1) is 10.00. The molecule has 1 unspecified atom stereocenters. The van der Waals surface area contributed by atoms with Gasteiger partial charge in [0, 0.05) is 6.54 Å². The van der Waals surface area contributed by atoms with Crippen LogP contribution in [0, 0.1) is 0 Å². The van der Waals surface area contributed by atoms with Gasteiger partial charge in [0.1, 0.15) is 5.71 Å². The molecule has 82 valence electrons. The quantitative estimate of drug-likeness (QED) is 0.753. The highest BCUT2D eigenvalue weighted by molar-refractivity contribution is 6.83. The smallest absolute Gasteiger partial charge is 0.267 e. The maximum Gasteiger partial charge on any atom is 0.267 e. The fourth-order valence-corrected chi connectivity index (χ4v) is 2.91. The molecule has 1 N–H and O–H groups in total. The maximum atomic E-state index is 11.5. The normalized spacial score (nSPS) is 26.9. The van der Waals surface area contributed by atoms with Crippen molar-refractivity contribution in [3.63, 3.8) is 0 Å². The summed E-state index contributed by atoms with van der Waals surface area (Å²) in [6.07, 6.45) is 0.890. The van der Waals surface area contributed by atoms with Crippen molar-refractivity contribution in [2.75, 3.05) is 13.1 Å². The van der Waals surface area contributed by atoms with Crippen LogP contribution in [-0.4, -0.2) is 24.0 Å². The summed E-state index contributed by atoms with van der Waals surface area (Å²) in [5.74, 6) is 0. The SMILES string of the molecule is O=C(Cl)C1=Nc2ccccc2C12CCNC2. The van der Waals surface area contributed by atoms with Crippen molar-refractivity contribution in [3.8, 4) is 0 Å². The fraction of sp³-hybridized carbons (Fsp3) is 0.333. The standard InChI is InChI=1S/C12H11ClN2O/c13-11(16)10-12(5-6-14-7-12)8-3-1-2-4-9(8)15-10/h1-4,14H,5-7H2. The summed E-state index contributed by atoms with van der Waals surface area (Å²) < 4.78 is 0. The van der Waals surface area contributed by atoms with Crippen molar-refractivity contribution in [1.29, 1.82) is 0 Å². The zero-order chi connectivity index (χ0) is 11.2. The van der Waals surface area contributed by atoms with Gasteiger partial charge >= 0.3 is 0 Å². The topological polar surface area (TPSA) is 41.5 Å². The number of rotatable bonds is 1. The molecule has 0 aliphatic carbocycles. The molecule has 1 saturated heterocycles. The van der Waals surface area contributed by atoms with E-state index in [1.807, 2.05) is 24.3 Å². The van der Waals surface area contributed by atoms with E-state index < -0.39 is 5.24 Å². The summed E-state index contributed by atoms with van der Waals surface area (Å²) in [6, 6.07) is 7.89. The third kappa shape index (κ3) is 1.19. The number of hydrogen-bond acceptors (Lipinski definition) is 3. The van der Waals surface area contributed by atoms with Gasteiger partial charge in [0.05, 0.1) is 11.1 Å². The molecule has 1 atom stereocenters. The van der Waals surface area contributed by atoms with Gasteiger partial charge in [-0.3, -0.25) is 4.79 Å². The number of nitrogens with zero attached hydrogens (tertiary/aromatic N) is 1. The largest absolute Gasteiger partial charge is 0.315 e. The van der Waals surface area contributed by atoms with Crippen LogP contribution in [0.4, 0.5) is 5.69 Å². The number of carbonyl (C=O) groups is 1. The Kier molecular flexibility index (Phi) is 2.13. The summed E-state index contributed by atoms with van der Waals surface area (Å²) >= 11 is 5.65. The highest BCUT2D eigenvalue weighted by Crippen LogP contribution is 2.44. The van der Waals surface area contributed by atoms with Gasteiger partial charge in [-0.1, -0.05) is 18.2 Å². The highest BCUT2D eigenvalue weighted by Gasteiger charge is 2.47. The molecular weight excluding hydrogens is 224 g/mol. The summed E-state index contributed by atoms with van der Waals surface area (Å²) in [6.45, 7) is 1.65. The lowest BCUT2D eigenvalue weighted by molar-refractivity contribution is -0.106. The molecule has 2 aliphatic heterocycles. The van der Waals surface area contributed by atoms with Crippen LogP contribution in [0.25, 0.3) is 0 Å². The molecule has 4 heteroatoms. The van der Waals surface area contributed by atoms with Crippen LogP contribution in [0.3, 0.4) is 0 Å². The number of carbonyl (C=O) groups excluding carboxylic acids is 1. The van der Waals surface area contributed by atoms with E-state index in [4.69, 9.17) is 11.6 Å². The third-order valence-corrected chi connectivity index (χ3v) is 3.63. The van der Waals surface area contributed by atoms with Crippen molar-refractivity contribution in [1.82, 2.24) is 5.32 Å². The van der Waals surface area contributed by atoms with Crippen molar-refractivity contribution >= 4 is 28.2 Å². The Morgan fingerprint density at radius 1 is 1.44 bits per heavy atom. The summed E-state index contributed by atoms with van der Waals surface area (Å²) in [4.78, 5) is 15.9. The molecule has 2 heterocycles. The molecule has 1 aromatic rings. The number of aliphatic imine (C=N–C) groups is 1. The predicted molar refractivity (Wildman–Crippen MR) is 63.6 cm³/mol. The molecule has 3 nitrogen and oxygen atoms in total. The second kappa shape index (κ2) is 3.40. The summed E-state index contributed by atoms with van der Waals surface area (Å²) in [7, 11) is 0. The van der Waals surface area contributed by atoms with Crippen LogP contribution in [0.2, 0.25) is 0 Å². The van der Waals surface area contributed by atoms with E-state index >= 15 is 0 Å². The average molecular weight is 235 g/mol. The number of hydrogen-bond donors (Lipinski definition) is 1.